The SMILES string of the molecule is CCC1(C)C=Cc2ncnn2C=C1. The third kappa shape index (κ3) is 1.41. The summed E-state index contributed by atoms with van der Waals surface area (Å²) in [6, 6.07) is 0. The number of fused-ring (bicyclic) bond motifs is 1. The van der Waals surface area contributed by atoms with Crippen LogP contribution in [0.15, 0.2) is 18.5 Å². The predicted molar refractivity (Wildman–Crippen MR) is 52.8 cm³/mol. The quantitative estimate of drug-likeness (QED) is 0.655. The molecule has 3 nitrogen and oxygen atoms in total. The van der Waals surface area contributed by atoms with E-state index in [2.05, 4.69) is 36.1 Å². The molecule has 0 N–H and O–H groups in total. The Bertz CT molecular complexity index is 332. The van der Waals surface area contributed by atoms with Gasteiger partial charge >= 0.3 is 0 Å². The van der Waals surface area contributed by atoms with E-state index >= 15 is 0 Å². The molecule has 0 aromatic carbocycles. The minimum atomic E-state index is 0.141. The molecule has 0 saturated heterocycles. The normalized spacial score (nSPS) is 25.7. The van der Waals surface area contributed by atoms with Crippen LogP contribution in [-0.2, 0) is 0 Å². The van der Waals surface area contributed by atoms with E-state index in [1.165, 1.54) is 0 Å². The van der Waals surface area contributed by atoms with Crippen LogP contribution in [-0.4, -0.2) is 14.8 Å². The molecule has 2 heterocycles. The lowest BCUT2D eigenvalue weighted by Gasteiger charge is -2.17. The van der Waals surface area contributed by atoms with Crippen LogP contribution in [0.2, 0.25) is 0 Å². The van der Waals surface area contributed by atoms with Crippen LogP contribution in [0.4, 0.5) is 0 Å². The number of nitrogens with zero attached hydrogens (tertiary/aromatic N) is 3. The molecule has 0 spiro atoms. The van der Waals surface area contributed by atoms with E-state index in [9.17, 15) is 0 Å². The molecule has 1 atom stereocenters. The first-order chi connectivity index (χ1) is 6.23. The van der Waals surface area contributed by atoms with Crippen molar-refractivity contribution in [3.63, 3.8) is 0 Å². The monoisotopic (exact) mass is 175 g/mol. The highest BCUT2D eigenvalue weighted by Crippen LogP contribution is 2.27. The number of allylic oxidation sites excluding steroid dienone is 2. The molecule has 68 valence electrons. The summed E-state index contributed by atoms with van der Waals surface area (Å²) in [6.07, 6.45) is 11.0. The van der Waals surface area contributed by atoms with Gasteiger partial charge in [-0.15, -0.1) is 0 Å². The zero-order valence-electron chi connectivity index (χ0n) is 7.94. The second-order valence-corrected chi connectivity index (χ2v) is 3.57. The van der Waals surface area contributed by atoms with E-state index in [1.54, 1.807) is 11.0 Å². The van der Waals surface area contributed by atoms with E-state index in [1.807, 2.05) is 12.3 Å². The minimum absolute atomic E-state index is 0.141. The van der Waals surface area contributed by atoms with Crippen molar-refractivity contribution in [1.82, 2.24) is 14.8 Å². The molecule has 0 saturated carbocycles. The van der Waals surface area contributed by atoms with Gasteiger partial charge in [-0.05, 0) is 12.5 Å². The molecular formula is C10H13N3. The van der Waals surface area contributed by atoms with Gasteiger partial charge in [0.25, 0.3) is 0 Å². The van der Waals surface area contributed by atoms with Gasteiger partial charge in [0, 0.05) is 11.6 Å². The molecule has 1 aromatic heterocycles. The maximum atomic E-state index is 4.13. The minimum Gasteiger partial charge on any atom is -0.221 e. The van der Waals surface area contributed by atoms with E-state index in [0.717, 1.165) is 12.2 Å². The molecular weight excluding hydrogens is 162 g/mol. The van der Waals surface area contributed by atoms with Gasteiger partial charge in [-0.3, -0.25) is 0 Å². The van der Waals surface area contributed by atoms with Crippen molar-refractivity contribution in [3.05, 3.63) is 24.3 Å². The van der Waals surface area contributed by atoms with Crippen LogP contribution in [0.25, 0.3) is 12.3 Å². The van der Waals surface area contributed by atoms with Gasteiger partial charge in [0.05, 0.1) is 0 Å². The van der Waals surface area contributed by atoms with Gasteiger partial charge in [0.1, 0.15) is 6.33 Å². The third-order valence-electron chi connectivity index (χ3n) is 2.57. The van der Waals surface area contributed by atoms with E-state index in [4.69, 9.17) is 0 Å². The molecule has 1 unspecified atom stereocenters. The average Bonchev–Trinajstić information content (AvgIpc) is 2.54. The molecule has 1 aliphatic rings. The fourth-order valence-corrected chi connectivity index (χ4v) is 1.29. The van der Waals surface area contributed by atoms with Crippen molar-refractivity contribution in [2.24, 2.45) is 5.41 Å². The predicted octanol–water partition coefficient (Wildman–Crippen LogP) is 2.19. The van der Waals surface area contributed by atoms with Crippen molar-refractivity contribution in [2.45, 2.75) is 20.3 Å². The highest BCUT2D eigenvalue weighted by molar-refractivity contribution is 5.49. The van der Waals surface area contributed by atoms with E-state index in [-0.39, 0.29) is 5.41 Å². The van der Waals surface area contributed by atoms with Crippen molar-refractivity contribution in [2.75, 3.05) is 0 Å². The second-order valence-electron chi connectivity index (χ2n) is 3.57. The lowest BCUT2D eigenvalue weighted by molar-refractivity contribution is 0.535. The Morgan fingerprint density at radius 2 is 2.31 bits per heavy atom. The van der Waals surface area contributed by atoms with Crippen LogP contribution >= 0.6 is 0 Å². The molecule has 1 aromatic rings. The summed E-state index contributed by atoms with van der Waals surface area (Å²) in [5, 5.41) is 4.08. The Balaban J connectivity index is 2.43. The Morgan fingerprint density at radius 1 is 1.46 bits per heavy atom. The van der Waals surface area contributed by atoms with Crippen LogP contribution in [0.3, 0.4) is 0 Å². The second kappa shape index (κ2) is 2.83. The van der Waals surface area contributed by atoms with Crippen molar-refractivity contribution in [3.8, 4) is 0 Å². The van der Waals surface area contributed by atoms with E-state index < -0.39 is 0 Å². The van der Waals surface area contributed by atoms with Crippen molar-refractivity contribution < 1.29 is 0 Å². The zero-order valence-corrected chi connectivity index (χ0v) is 7.94. The highest BCUT2D eigenvalue weighted by Gasteiger charge is 2.16. The number of rotatable bonds is 1. The van der Waals surface area contributed by atoms with Crippen molar-refractivity contribution in [1.29, 1.82) is 0 Å². The smallest absolute Gasteiger partial charge is 0.154 e. The first-order valence-corrected chi connectivity index (χ1v) is 4.52. The summed E-state index contributed by atoms with van der Waals surface area (Å²) in [4.78, 5) is 4.13. The van der Waals surface area contributed by atoms with Gasteiger partial charge in [-0.2, -0.15) is 5.10 Å². The summed E-state index contributed by atoms with van der Waals surface area (Å²) in [7, 11) is 0. The molecule has 0 amide bonds. The van der Waals surface area contributed by atoms with E-state index in [0.29, 0.717) is 0 Å². The molecule has 2 rings (SSSR count). The lowest BCUT2D eigenvalue weighted by atomic mass is 9.87. The summed E-state index contributed by atoms with van der Waals surface area (Å²) in [5.74, 6) is 0.897. The zero-order chi connectivity index (χ0) is 9.31. The first kappa shape index (κ1) is 8.23. The molecule has 0 bridgehead atoms. The Hall–Kier alpha value is -1.38. The molecule has 13 heavy (non-hydrogen) atoms. The molecule has 0 fully saturated rings. The summed E-state index contributed by atoms with van der Waals surface area (Å²) < 4.78 is 1.79. The maximum Gasteiger partial charge on any atom is 0.154 e. The fourth-order valence-electron chi connectivity index (χ4n) is 1.29. The molecule has 0 radical (unpaired) electrons. The maximum absolute atomic E-state index is 4.13. The van der Waals surface area contributed by atoms with Gasteiger partial charge in [-0.1, -0.05) is 26.0 Å². The van der Waals surface area contributed by atoms with Crippen molar-refractivity contribution >= 4 is 12.3 Å². The summed E-state index contributed by atoms with van der Waals surface area (Å²) >= 11 is 0. The Morgan fingerprint density at radius 3 is 3.08 bits per heavy atom. The fraction of sp³-hybridized carbons (Fsp3) is 0.400. The summed E-state index contributed by atoms with van der Waals surface area (Å²) in [5.41, 5.74) is 0.141. The largest absolute Gasteiger partial charge is 0.221 e. The number of hydrogen-bond donors (Lipinski definition) is 0. The third-order valence-corrected chi connectivity index (χ3v) is 2.57. The topological polar surface area (TPSA) is 30.7 Å². The summed E-state index contributed by atoms with van der Waals surface area (Å²) in [6.45, 7) is 4.38. The molecule has 0 aliphatic carbocycles. The number of hydrogen-bond acceptors (Lipinski definition) is 2. The van der Waals surface area contributed by atoms with Gasteiger partial charge < -0.3 is 0 Å². The standard InChI is InChI=1S/C10H13N3/c1-3-10(2)5-4-9-11-8-12-13(9)7-6-10/h4-8H,3H2,1-2H3. The highest BCUT2D eigenvalue weighted by atomic mass is 15.3. The van der Waals surface area contributed by atoms with Crippen LogP contribution < -0.4 is 0 Å². The van der Waals surface area contributed by atoms with Gasteiger partial charge in [-0.25, -0.2) is 9.67 Å². The van der Waals surface area contributed by atoms with Gasteiger partial charge in [0.2, 0.25) is 0 Å². The van der Waals surface area contributed by atoms with Crippen LogP contribution in [0.5, 0.6) is 0 Å². The van der Waals surface area contributed by atoms with Gasteiger partial charge in [0.15, 0.2) is 5.82 Å². The lowest BCUT2D eigenvalue weighted by Crippen LogP contribution is -2.06. The van der Waals surface area contributed by atoms with Crippen LogP contribution in [0.1, 0.15) is 26.1 Å². The molecule has 3 heteroatoms. The van der Waals surface area contributed by atoms with Crippen LogP contribution in [0, 0.1) is 5.41 Å². The Kier molecular flexibility index (Phi) is 1.79. The Labute approximate surface area is 77.8 Å². The first-order valence-electron chi connectivity index (χ1n) is 4.52. The molecule has 1 aliphatic heterocycles. The number of aromatic nitrogens is 3. The average molecular weight is 175 g/mol.